The van der Waals surface area contributed by atoms with Gasteiger partial charge in [0.25, 0.3) is 5.91 Å². The van der Waals surface area contributed by atoms with Gasteiger partial charge in [-0.2, -0.15) is 0 Å². The number of benzene rings is 2. The van der Waals surface area contributed by atoms with E-state index in [1.807, 2.05) is 30.5 Å². The van der Waals surface area contributed by atoms with E-state index in [1.165, 1.54) is 11.8 Å². The smallest absolute Gasteiger partial charge is 0.251 e. The van der Waals surface area contributed by atoms with Crippen LogP contribution < -0.4 is 15.4 Å². The molecule has 0 spiro atoms. The second-order valence-corrected chi connectivity index (χ2v) is 7.70. The quantitative estimate of drug-likeness (QED) is 0.497. The van der Waals surface area contributed by atoms with Gasteiger partial charge < -0.3 is 19.9 Å². The molecule has 1 aromatic heterocycles. The zero-order valence-corrected chi connectivity index (χ0v) is 18.5. The Morgan fingerprint density at radius 1 is 1.06 bits per heavy atom. The molecule has 9 heteroatoms. The van der Waals surface area contributed by atoms with Crippen molar-refractivity contribution < 1.29 is 14.3 Å². The van der Waals surface area contributed by atoms with E-state index in [0.29, 0.717) is 28.8 Å². The number of aryl methyl sites for hydroxylation is 1. The lowest BCUT2D eigenvalue weighted by Gasteiger charge is -2.09. The van der Waals surface area contributed by atoms with E-state index in [9.17, 15) is 9.59 Å². The number of rotatable bonds is 9. The van der Waals surface area contributed by atoms with Crippen LogP contribution in [0, 0.1) is 6.92 Å². The van der Waals surface area contributed by atoms with Crippen LogP contribution in [0.1, 0.15) is 28.7 Å². The van der Waals surface area contributed by atoms with Crippen molar-refractivity contribution in [1.82, 2.24) is 20.1 Å². The third-order valence-corrected chi connectivity index (χ3v) is 5.50. The summed E-state index contributed by atoms with van der Waals surface area (Å²) in [6, 6.07) is 14.5. The highest BCUT2D eigenvalue weighted by atomic mass is 32.2. The van der Waals surface area contributed by atoms with Gasteiger partial charge >= 0.3 is 0 Å². The number of methoxy groups -OCH3 is 1. The Morgan fingerprint density at radius 3 is 2.42 bits per heavy atom. The normalized spacial score (nSPS) is 10.5. The predicted octanol–water partition coefficient (Wildman–Crippen LogP) is 3.28. The summed E-state index contributed by atoms with van der Waals surface area (Å²) in [5.74, 6) is 1.25. The molecule has 1 heterocycles. The molecule has 2 N–H and O–H groups in total. The molecule has 2 aromatic carbocycles. The van der Waals surface area contributed by atoms with Gasteiger partial charge in [-0.25, -0.2) is 0 Å². The first-order valence-electron chi connectivity index (χ1n) is 9.83. The third-order valence-electron chi connectivity index (χ3n) is 4.54. The Bertz CT molecular complexity index is 1030. The molecule has 0 aliphatic carbocycles. The standard InChI is InChI=1S/C22H25N5O3S/c1-4-27-19(13-23-21(29)16-7-5-15(2)6-8-16)25-26-22(27)31-14-20(28)24-17-9-11-18(30-3)12-10-17/h5-12H,4,13-14H2,1-3H3,(H,23,29)(H,24,28). The van der Waals surface area contributed by atoms with E-state index in [4.69, 9.17) is 4.74 Å². The molecule has 3 rings (SSSR count). The molecule has 162 valence electrons. The number of aromatic nitrogens is 3. The molecule has 0 aliphatic heterocycles. The maximum Gasteiger partial charge on any atom is 0.251 e. The van der Waals surface area contributed by atoms with Crippen molar-refractivity contribution >= 4 is 29.3 Å². The largest absolute Gasteiger partial charge is 0.497 e. The van der Waals surface area contributed by atoms with Crippen molar-refractivity contribution in [3.63, 3.8) is 0 Å². The van der Waals surface area contributed by atoms with Gasteiger partial charge in [-0.15, -0.1) is 10.2 Å². The average molecular weight is 440 g/mol. The van der Waals surface area contributed by atoms with Crippen LogP contribution in [0.4, 0.5) is 5.69 Å². The van der Waals surface area contributed by atoms with Gasteiger partial charge in [0, 0.05) is 17.8 Å². The van der Waals surface area contributed by atoms with Crippen LogP contribution in [0.5, 0.6) is 5.75 Å². The first-order valence-corrected chi connectivity index (χ1v) is 10.8. The Labute approximate surface area is 185 Å². The fourth-order valence-electron chi connectivity index (χ4n) is 2.84. The number of carbonyl (C=O) groups is 2. The van der Waals surface area contributed by atoms with E-state index < -0.39 is 0 Å². The lowest BCUT2D eigenvalue weighted by atomic mass is 10.1. The van der Waals surface area contributed by atoms with Crippen molar-refractivity contribution in [2.75, 3.05) is 18.2 Å². The average Bonchev–Trinajstić information content (AvgIpc) is 3.18. The molecular weight excluding hydrogens is 414 g/mol. The summed E-state index contributed by atoms with van der Waals surface area (Å²) < 4.78 is 7.00. The third kappa shape index (κ3) is 6.08. The summed E-state index contributed by atoms with van der Waals surface area (Å²) in [4.78, 5) is 24.6. The van der Waals surface area contributed by atoms with E-state index in [1.54, 1.807) is 43.5 Å². The molecule has 0 saturated heterocycles. The molecule has 0 unspecified atom stereocenters. The maximum atomic E-state index is 12.3. The Morgan fingerprint density at radius 2 is 1.77 bits per heavy atom. The predicted molar refractivity (Wildman–Crippen MR) is 120 cm³/mol. The zero-order chi connectivity index (χ0) is 22.2. The van der Waals surface area contributed by atoms with Crippen LogP contribution in [0.2, 0.25) is 0 Å². The van der Waals surface area contributed by atoms with Crippen LogP contribution in [-0.2, 0) is 17.9 Å². The molecule has 0 fully saturated rings. The Hall–Kier alpha value is -3.33. The number of thioether (sulfide) groups is 1. The molecule has 0 atom stereocenters. The molecule has 2 amide bonds. The van der Waals surface area contributed by atoms with Crippen LogP contribution in [0.25, 0.3) is 0 Å². The van der Waals surface area contributed by atoms with Crippen molar-refractivity contribution in [3.05, 3.63) is 65.5 Å². The highest BCUT2D eigenvalue weighted by Crippen LogP contribution is 2.19. The van der Waals surface area contributed by atoms with Gasteiger partial charge in [0.2, 0.25) is 5.91 Å². The maximum absolute atomic E-state index is 12.3. The second-order valence-electron chi connectivity index (χ2n) is 6.76. The molecular formula is C22H25N5O3S. The monoisotopic (exact) mass is 439 g/mol. The number of carbonyl (C=O) groups excluding carboxylic acids is 2. The number of hydrogen-bond donors (Lipinski definition) is 2. The van der Waals surface area contributed by atoms with Crippen LogP contribution in [0.3, 0.4) is 0 Å². The summed E-state index contributed by atoms with van der Waals surface area (Å²) in [5, 5.41) is 14.7. The van der Waals surface area contributed by atoms with E-state index in [-0.39, 0.29) is 24.1 Å². The van der Waals surface area contributed by atoms with Crippen molar-refractivity contribution in [3.8, 4) is 5.75 Å². The van der Waals surface area contributed by atoms with Gasteiger partial charge in [0.05, 0.1) is 19.4 Å². The first-order chi connectivity index (χ1) is 15.0. The molecule has 8 nitrogen and oxygen atoms in total. The van der Waals surface area contributed by atoms with Gasteiger partial charge in [-0.1, -0.05) is 29.5 Å². The van der Waals surface area contributed by atoms with Crippen molar-refractivity contribution in [2.45, 2.75) is 32.1 Å². The van der Waals surface area contributed by atoms with Gasteiger partial charge in [0.15, 0.2) is 11.0 Å². The summed E-state index contributed by atoms with van der Waals surface area (Å²) in [7, 11) is 1.59. The summed E-state index contributed by atoms with van der Waals surface area (Å²) in [5.41, 5.74) is 2.39. The Kier molecular flexibility index (Phi) is 7.66. The van der Waals surface area contributed by atoms with Crippen molar-refractivity contribution in [1.29, 1.82) is 0 Å². The highest BCUT2D eigenvalue weighted by molar-refractivity contribution is 7.99. The molecule has 31 heavy (non-hydrogen) atoms. The lowest BCUT2D eigenvalue weighted by molar-refractivity contribution is -0.113. The van der Waals surface area contributed by atoms with Gasteiger partial charge in [-0.3, -0.25) is 9.59 Å². The molecule has 0 saturated carbocycles. The number of hydrogen-bond acceptors (Lipinski definition) is 6. The number of amides is 2. The minimum Gasteiger partial charge on any atom is -0.497 e. The number of nitrogens with one attached hydrogen (secondary N) is 2. The summed E-state index contributed by atoms with van der Waals surface area (Å²) in [6.45, 7) is 4.83. The lowest BCUT2D eigenvalue weighted by Crippen LogP contribution is -2.24. The SMILES string of the molecule is CCn1c(CNC(=O)c2ccc(C)cc2)nnc1SCC(=O)Nc1ccc(OC)cc1. The van der Waals surface area contributed by atoms with E-state index in [2.05, 4.69) is 20.8 Å². The van der Waals surface area contributed by atoms with E-state index in [0.717, 1.165) is 11.3 Å². The molecule has 0 aliphatic rings. The number of nitrogens with zero attached hydrogens (tertiary/aromatic N) is 3. The molecule has 3 aromatic rings. The highest BCUT2D eigenvalue weighted by Gasteiger charge is 2.14. The van der Waals surface area contributed by atoms with Crippen LogP contribution in [-0.4, -0.2) is 39.4 Å². The van der Waals surface area contributed by atoms with Crippen molar-refractivity contribution in [2.24, 2.45) is 0 Å². The molecule has 0 bridgehead atoms. The number of ether oxygens (including phenoxy) is 1. The minimum atomic E-state index is -0.168. The number of anilines is 1. The fraction of sp³-hybridized carbons (Fsp3) is 0.273. The Balaban J connectivity index is 1.54. The topological polar surface area (TPSA) is 98.1 Å². The fourth-order valence-corrected chi connectivity index (χ4v) is 3.66. The van der Waals surface area contributed by atoms with Crippen LogP contribution >= 0.6 is 11.8 Å². The van der Waals surface area contributed by atoms with Gasteiger partial charge in [-0.05, 0) is 50.2 Å². The van der Waals surface area contributed by atoms with Gasteiger partial charge in [0.1, 0.15) is 5.75 Å². The van der Waals surface area contributed by atoms with E-state index >= 15 is 0 Å². The summed E-state index contributed by atoms with van der Waals surface area (Å²) >= 11 is 1.30. The van der Waals surface area contributed by atoms with Crippen LogP contribution in [0.15, 0.2) is 53.7 Å². The molecule has 0 radical (unpaired) electrons. The first kappa shape index (κ1) is 22.4. The zero-order valence-electron chi connectivity index (χ0n) is 17.7. The summed E-state index contributed by atoms with van der Waals surface area (Å²) in [6.07, 6.45) is 0. The second kappa shape index (κ2) is 10.6. The minimum absolute atomic E-state index is 0.143.